The Kier molecular flexibility index (Phi) is 16.0. The molecule has 0 amide bonds. The van der Waals surface area contributed by atoms with Gasteiger partial charge in [-0.25, -0.2) is 4.79 Å². The van der Waals surface area contributed by atoms with Gasteiger partial charge in [-0.2, -0.15) is 0 Å². The molecular formula is C19H24Mo2O4. The van der Waals surface area contributed by atoms with Crippen molar-refractivity contribution in [3.05, 3.63) is 48.0 Å². The zero-order chi connectivity index (χ0) is 17.1. The summed E-state index contributed by atoms with van der Waals surface area (Å²) in [6, 6.07) is 12.7. The number of unbranched alkanes of at least 4 members (excludes halogenated alkanes) is 4. The Morgan fingerprint density at radius 3 is 2.04 bits per heavy atom. The van der Waals surface area contributed by atoms with Gasteiger partial charge in [-0.05, 0) is 23.3 Å². The molecule has 6 heteroatoms. The Morgan fingerprint density at radius 2 is 1.44 bits per heavy atom. The number of hydrogen-bond acceptors (Lipinski definition) is 2. The third kappa shape index (κ3) is 10.6. The van der Waals surface area contributed by atoms with E-state index in [2.05, 4.69) is 6.92 Å². The van der Waals surface area contributed by atoms with Crippen LogP contribution in [-0.2, 0) is 46.9 Å². The van der Waals surface area contributed by atoms with E-state index in [-0.39, 0.29) is 42.1 Å². The van der Waals surface area contributed by atoms with E-state index < -0.39 is 11.9 Å². The summed E-state index contributed by atoms with van der Waals surface area (Å²) in [7, 11) is 0. The number of carbonyl (C=O) groups is 2. The molecular weight excluding hydrogens is 484 g/mol. The molecule has 0 aliphatic rings. The molecule has 0 spiro atoms. The summed E-state index contributed by atoms with van der Waals surface area (Å²) in [6.45, 7) is 2.15. The van der Waals surface area contributed by atoms with Gasteiger partial charge < -0.3 is 10.2 Å². The normalized spacial score (nSPS) is 9.16. The van der Waals surface area contributed by atoms with Crippen LogP contribution in [0.25, 0.3) is 10.8 Å². The standard InChI is InChI=1S/C11H8O2.C8H16O2.2Mo/c12-11(13)10-7-3-5-8-4-1-2-6-9(8)10;1-2-3-4-5-6-7-8(9)10;;/h1-7H,(H,12,13);2-7H2,1H3,(H,9,10);;. The van der Waals surface area contributed by atoms with Crippen LogP contribution < -0.4 is 0 Å². The summed E-state index contributed by atoms with van der Waals surface area (Å²) >= 11 is 0. The van der Waals surface area contributed by atoms with Crippen LogP contribution in [0.15, 0.2) is 42.5 Å². The Labute approximate surface area is 177 Å². The van der Waals surface area contributed by atoms with Crippen molar-refractivity contribution in [2.24, 2.45) is 0 Å². The van der Waals surface area contributed by atoms with Crippen LogP contribution in [0.1, 0.15) is 55.8 Å². The average Bonchev–Trinajstić information content (AvgIpc) is 2.54. The van der Waals surface area contributed by atoms with Gasteiger partial charge in [-0.15, -0.1) is 0 Å². The molecule has 0 unspecified atom stereocenters. The molecule has 0 saturated carbocycles. The zero-order valence-electron chi connectivity index (χ0n) is 14.3. The molecule has 0 fully saturated rings. The van der Waals surface area contributed by atoms with Crippen molar-refractivity contribution in [1.29, 1.82) is 0 Å². The van der Waals surface area contributed by atoms with Crippen molar-refractivity contribution in [3.8, 4) is 0 Å². The van der Waals surface area contributed by atoms with E-state index in [1.54, 1.807) is 12.1 Å². The predicted octanol–water partition coefficient (Wildman–Crippen LogP) is 4.96. The molecule has 4 nitrogen and oxygen atoms in total. The minimum atomic E-state index is -0.878. The SMILES string of the molecule is CCCCCCCC(=O)O.O=C(O)c1cccc2ccccc12.[Mo].[Mo]. The molecule has 0 saturated heterocycles. The Hall–Kier alpha value is -0.983. The van der Waals surface area contributed by atoms with E-state index in [0.29, 0.717) is 12.0 Å². The summed E-state index contributed by atoms with van der Waals surface area (Å²) in [4.78, 5) is 20.8. The predicted molar refractivity (Wildman–Crippen MR) is 91.9 cm³/mol. The fraction of sp³-hybridized carbons (Fsp3) is 0.368. The molecule has 0 aromatic heterocycles. The van der Waals surface area contributed by atoms with Gasteiger partial charge in [-0.1, -0.05) is 69.0 Å². The smallest absolute Gasteiger partial charge is 0.336 e. The van der Waals surface area contributed by atoms with E-state index in [1.165, 1.54) is 19.3 Å². The monoisotopic (exact) mass is 512 g/mol. The van der Waals surface area contributed by atoms with Crippen molar-refractivity contribution in [2.75, 3.05) is 0 Å². The summed E-state index contributed by atoms with van der Waals surface area (Å²) in [6.07, 6.45) is 5.88. The molecule has 2 aromatic rings. The first-order valence-electron chi connectivity index (χ1n) is 7.99. The van der Waals surface area contributed by atoms with Crippen molar-refractivity contribution >= 4 is 22.7 Å². The molecule has 25 heavy (non-hydrogen) atoms. The number of aromatic carboxylic acids is 1. The fourth-order valence-corrected chi connectivity index (χ4v) is 2.29. The second-order valence-electron chi connectivity index (χ2n) is 5.39. The summed E-state index contributed by atoms with van der Waals surface area (Å²) in [5.74, 6) is -1.55. The molecule has 2 N–H and O–H groups in total. The summed E-state index contributed by atoms with van der Waals surface area (Å²) < 4.78 is 0. The van der Waals surface area contributed by atoms with Gasteiger partial charge in [0.05, 0.1) is 5.56 Å². The molecule has 0 atom stereocenters. The number of aliphatic carboxylic acids is 1. The van der Waals surface area contributed by atoms with E-state index in [4.69, 9.17) is 10.2 Å². The minimum Gasteiger partial charge on any atom is -0.481 e. The Balaban J connectivity index is 0. The second kappa shape index (κ2) is 15.3. The molecule has 2 rings (SSSR count). The maximum atomic E-state index is 10.8. The van der Waals surface area contributed by atoms with Crippen LogP contribution in [0.3, 0.4) is 0 Å². The van der Waals surface area contributed by atoms with Crippen molar-refractivity contribution in [3.63, 3.8) is 0 Å². The van der Waals surface area contributed by atoms with Gasteiger partial charge >= 0.3 is 11.9 Å². The molecule has 0 aliphatic carbocycles. The molecule has 0 aliphatic heterocycles. The van der Waals surface area contributed by atoms with E-state index >= 15 is 0 Å². The average molecular weight is 508 g/mol. The number of benzene rings is 2. The molecule has 0 bridgehead atoms. The molecule has 136 valence electrons. The third-order valence-electron chi connectivity index (χ3n) is 3.51. The van der Waals surface area contributed by atoms with Gasteiger partial charge in [-0.3, -0.25) is 4.79 Å². The summed E-state index contributed by atoms with van der Waals surface area (Å²) in [5, 5.41) is 18.9. The van der Waals surface area contributed by atoms with Gasteiger partial charge in [0.1, 0.15) is 0 Å². The quantitative estimate of drug-likeness (QED) is 0.410. The van der Waals surface area contributed by atoms with Crippen LogP contribution in [0, 0.1) is 0 Å². The number of carboxylic acid groups (broad SMARTS) is 2. The van der Waals surface area contributed by atoms with Gasteiger partial charge in [0, 0.05) is 48.6 Å². The Morgan fingerprint density at radius 1 is 0.840 bits per heavy atom. The maximum absolute atomic E-state index is 10.8. The Bertz CT molecular complexity index is 639. The first-order valence-corrected chi connectivity index (χ1v) is 7.99. The number of rotatable bonds is 7. The largest absolute Gasteiger partial charge is 0.481 e. The van der Waals surface area contributed by atoms with Crippen LogP contribution in [0.4, 0.5) is 0 Å². The minimum absolute atomic E-state index is 0. The van der Waals surface area contributed by atoms with Gasteiger partial charge in [0.15, 0.2) is 0 Å². The maximum Gasteiger partial charge on any atom is 0.336 e. The molecule has 0 heterocycles. The van der Waals surface area contributed by atoms with E-state index in [1.807, 2.05) is 30.3 Å². The molecule has 2 aromatic carbocycles. The fourth-order valence-electron chi connectivity index (χ4n) is 2.29. The number of hydrogen-bond donors (Lipinski definition) is 2. The third-order valence-corrected chi connectivity index (χ3v) is 3.51. The second-order valence-corrected chi connectivity index (χ2v) is 5.39. The molecule has 0 radical (unpaired) electrons. The number of fused-ring (bicyclic) bond motifs is 1. The van der Waals surface area contributed by atoms with Gasteiger partial charge in [0.2, 0.25) is 0 Å². The topological polar surface area (TPSA) is 74.6 Å². The van der Waals surface area contributed by atoms with Crippen molar-refractivity contribution in [1.82, 2.24) is 0 Å². The van der Waals surface area contributed by atoms with Crippen LogP contribution in [0.5, 0.6) is 0 Å². The first kappa shape index (κ1) is 26.2. The van der Waals surface area contributed by atoms with Crippen LogP contribution >= 0.6 is 0 Å². The van der Waals surface area contributed by atoms with Crippen molar-refractivity contribution in [2.45, 2.75) is 45.4 Å². The van der Waals surface area contributed by atoms with Crippen molar-refractivity contribution < 1.29 is 61.9 Å². The zero-order valence-corrected chi connectivity index (χ0v) is 18.3. The van der Waals surface area contributed by atoms with E-state index in [0.717, 1.165) is 23.6 Å². The van der Waals surface area contributed by atoms with Gasteiger partial charge in [0.25, 0.3) is 0 Å². The number of carboxylic acids is 2. The van der Waals surface area contributed by atoms with Crippen LogP contribution in [0.2, 0.25) is 0 Å². The van der Waals surface area contributed by atoms with Crippen LogP contribution in [-0.4, -0.2) is 22.2 Å². The first-order chi connectivity index (χ1) is 11.1. The summed E-state index contributed by atoms with van der Waals surface area (Å²) in [5.41, 5.74) is 0.359. The van der Waals surface area contributed by atoms with E-state index in [9.17, 15) is 9.59 Å².